The van der Waals surface area contributed by atoms with Crippen molar-refractivity contribution < 1.29 is 0 Å². The Hall–Kier alpha value is -0.930. The number of hydrogen-bond donors (Lipinski definition) is 1. The highest BCUT2D eigenvalue weighted by atomic mass is 15.1. The lowest BCUT2D eigenvalue weighted by molar-refractivity contribution is 0.156. The molecule has 0 amide bonds. The maximum atomic E-state index is 6.02. The van der Waals surface area contributed by atoms with Crippen LogP contribution in [0, 0.1) is 12.8 Å². The molecule has 2 rings (SSSR count). The Morgan fingerprint density at radius 2 is 2.38 bits per heavy atom. The summed E-state index contributed by atoms with van der Waals surface area (Å²) in [6, 6.07) is 4.50. The van der Waals surface area contributed by atoms with Gasteiger partial charge in [0.2, 0.25) is 0 Å². The van der Waals surface area contributed by atoms with Crippen LogP contribution in [0.15, 0.2) is 18.3 Å². The van der Waals surface area contributed by atoms with Crippen LogP contribution in [-0.4, -0.2) is 29.0 Å². The van der Waals surface area contributed by atoms with Gasteiger partial charge in [0.1, 0.15) is 0 Å². The number of aryl methyl sites for hydroxylation is 1. The van der Waals surface area contributed by atoms with E-state index in [1.165, 1.54) is 11.3 Å². The molecule has 0 bridgehead atoms. The van der Waals surface area contributed by atoms with Crippen LogP contribution >= 0.6 is 0 Å². The second-order valence-corrected chi connectivity index (χ2v) is 4.93. The minimum absolute atomic E-state index is 0.376. The van der Waals surface area contributed by atoms with E-state index in [1.807, 2.05) is 12.3 Å². The molecule has 88 valence electrons. The summed E-state index contributed by atoms with van der Waals surface area (Å²) in [6.45, 7) is 7.52. The second-order valence-electron chi connectivity index (χ2n) is 4.93. The van der Waals surface area contributed by atoms with E-state index in [9.17, 15) is 0 Å². The van der Waals surface area contributed by atoms with Gasteiger partial charge in [-0.1, -0.05) is 13.0 Å². The van der Waals surface area contributed by atoms with Crippen molar-refractivity contribution in [2.45, 2.75) is 32.9 Å². The van der Waals surface area contributed by atoms with Crippen LogP contribution in [0.2, 0.25) is 0 Å². The summed E-state index contributed by atoms with van der Waals surface area (Å²) in [5, 5.41) is 0. The second kappa shape index (κ2) is 4.93. The first-order valence-electron chi connectivity index (χ1n) is 6.05. The quantitative estimate of drug-likeness (QED) is 0.820. The van der Waals surface area contributed by atoms with Gasteiger partial charge in [0, 0.05) is 31.9 Å². The largest absolute Gasteiger partial charge is 0.327 e. The van der Waals surface area contributed by atoms with Crippen LogP contribution < -0.4 is 5.73 Å². The lowest BCUT2D eigenvalue weighted by Crippen LogP contribution is -2.45. The molecule has 1 fully saturated rings. The number of likely N-dealkylation sites (tertiary alicyclic amines) is 1. The highest BCUT2D eigenvalue weighted by Gasteiger charge is 2.23. The number of piperidine rings is 1. The molecule has 3 nitrogen and oxygen atoms in total. The molecule has 1 saturated heterocycles. The average Bonchev–Trinajstić information content (AvgIpc) is 2.27. The van der Waals surface area contributed by atoms with Crippen LogP contribution in [0.5, 0.6) is 0 Å². The van der Waals surface area contributed by atoms with Gasteiger partial charge in [-0.2, -0.15) is 0 Å². The molecule has 0 aromatic carbocycles. The van der Waals surface area contributed by atoms with Gasteiger partial charge in [-0.3, -0.25) is 9.88 Å². The summed E-state index contributed by atoms with van der Waals surface area (Å²) in [5.74, 6) is 0.595. The third kappa shape index (κ3) is 2.60. The summed E-state index contributed by atoms with van der Waals surface area (Å²) in [4.78, 5) is 6.91. The fourth-order valence-corrected chi connectivity index (χ4v) is 2.29. The molecule has 1 aliphatic rings. The van der Waals surface area contributed by atoms with Gasteiger partial charge >= 0.3 is 0 Å². The molecular formula is C13H21N3. The summed E-state index contributed by atoms with van der Waals surface area (Å²) < 4.78 is 0. The lowest BCUT2D eigenvalue weighted by Gasteiger charge is -2.35. The molecular weight excluding hydrogens is 198 g/mol. The Kier molecular flexibility index (Phi) is 3.56. The van der Waals surface area contributed by atoms with Crippen molar-refractivity contribution >= 4 is 0 Å². The Labute approximate surface area is 97.7 Å². The van der Waals surface area contributed by atoms with Crippen LogP contribution in [0.4, 0.5) is 0 Å². The number of rotatable bonds is 2. The average molecular weight is 219 g/mol. The molecule has 16 heavy (non-hydrogen) atoms. The first kappa shape index (κ1) is 11.6. The van der Waals surface area contributed by atoms with Crippen LogP contribution in [-0.2, 0) is 6.54 Å². The summed E-state index contributed by atoms with van der Waals surface area (Å²) >= 11 is 0. The van der Waals surface area contributed by atoms with E-state index in [0.29, 0.717) is 12.0 Å². The minimum Gasteiger partial charge on any atom is -0.327 e. The zero-order valence-electron chi connectivity index (χ0n) is 10.2. The van der Waals surface area contributed by atoms with E-state index in [2.05, 4.69) is 29.8 Å². The van der Waals surface area contributed by atoms with Crippen LogP contribution in [0.25, 0.3) is 0 Å². The smallest absolute Gasteiger partial charge is 0.0573 e. The fraction of sp³-hybridized carbons (Fsp3) is 0.615. The highest BCUT2D eigenvalue weighted by Crippen LogP contribution is 2.17. The number of pyridine rings is 1. The van der Waals surface area contributed by atoms with E-state index < -0.39 is 0 Å². The van der Waals surface area contributed by atoms with E-state index >= 15 is 0 Å². The molecule has 0 spiro atoms. The van der Waals surface area contributed by atoms with Crippen molar-refractivity contribution in [1.82, 2.24) is 9.88 Å². The van der Waals surface area contributed by atoms with Gasteiger partial charge in [-0.15, -0.1) is 0 Å². The van der Waals surface area contributed by atoms with Gasteiger partial charge in [0.15, 0.2) is 0 Å². The molecule has 0 saturated carbocycles. The number of nitrogens with two attached hydrogens (primary N) is 1. The molecule has 3 heteroatoms. The van der Waals surface area contributed by atoms with Gasteiger partial charge < -0.3 is 5.73 Å². The number of aromatic nitrogens is 1. The first-order chi connectivity index (χ1) is 7.66. The SMILES string of the molecule is Cc1cccnc1CN1CCC(N)C(C)C1. The van der Waals surface area contributed by atoms with Gasteiger partial charge in [-0.25, -0.2) is 0 Å². The first-order valence-corrected chi connectivity index (χ1v) is 6.05. The van der Waals surface area contributed by atoms with E-state index in [-0.39, 0.29) is 0 Å². The maximum absolute atomic E-state index is 6.02. The lowest BCUT2D eigenvalue weighted by atomic mass is 9.94. The number of hydrogen-bond acceptors (Lipinski definition) is 3. The van der Waals surface area contributed by atoms with E-state index in [4.69, 9.17) is 5.73 Å². The van der Waals surface area contributed by atoms with Gasteiger partial charge in [-0.05, 0) is 30.9 Å². The van der Waals surface area contributed by atoms with Crippen LogP contribution in [0.3, 0.4) is 0 Å². The highest BCUT2D eigenvalue weighted by molar-refractivity contribution is 5.17. The van der Waals surface area contributed by atoms with Gasteiger partial charge in [0.25, 0.3) is 0 Å². The predicted octanol–water partition coefficient (Wildman–Crippen LogP) is 1.56. The van der Waals surface area contributed by atoms with Crippen molar-refractivity contribution in [3.63, 3.8) is 0 Å². The molecule has 2 heterocycles. The normalized spacial score (nSPS) is 26.9. The molecule has 1 aromatic rings. The zero-order chi connectivity index (χ0) is 11.5. The molecule has 2 atom stereocenters. The molecule has 0 radical (unpaired) electrons. The fourth-order valence-electron chi connectivity index (χ4n) is 2.29. The standard InChI is InChI=1S/C13H21N3/c1-10-4-3-6-15-13(10)9-16-7-5-12(14)11(2)8-16/h3-4,6,11-12H,5,7-9,14H2,1-2H3. The van der Waals surface area contributed by atoms with Gasteiger partial charge in [0.05, 0.1) is 5.69 Å². The Morgan fingerprint density at radius 3 is 3.06 bits per heavy atom. The Balaban J connectivity index is 1.98. The summed E-state index contributed by atoms with van der Waals surface area (Å²) in [6.07, 6.45) is 2.98. The Bertz CT molecular complexity index is 351. The monoisotopic (exact) mass is 219 g/mol. The van der Waals surface area contributed by atoms with Crippen molar-refractivity contribution in [3.8, 4) is 0 Å². The maximum Gasteiger partial charge on any atom is 0.0573 e. The van der Waals surface area contributed by atoms with Crippen molar-refractivity contribution in [3.05, 3.63) is 29.6 Å². The molecule has 0 aliphatic carbocycles. The minimum atomic E-state index is 0.376. The zero-order valence-corrected chi connectivity index (χ0v) is 10.2. The predicted molar refractivity (Wildman–Crippen MR) is 66.0 cm³/mol. The van der Waals surface area contributed by atoms with Crippen molar-refractivity contribution in [2.75, 3.05) is 13.1 Å². The topological polar surface area (TPSA) is 42.2 Å². The third-order valence-electron chi connectivity index (χ3n) is 3.55. The summed E-state index contributed by atoms with van der Waals surface area (Å²) in [5.41, 5.74) is 8.50. The summed E-state index contributed by atoms with van der Waals surface area (Å²) in [7, 11) is 0. The third-order valence-corrected chi connectivity index (χ3v) is 3.55. The van der Waals surface area contributed by atoms with E-state index in [0.717, 1.165) is 26.1 Å². The van der Waals surface area contributed by atoms with Crippen molar-refractivity contribution in [2.24, 2.45) is 11.7 Å². The molecule has 1 aliphatic heterocycles. The van der Waals surface area contributed by atoms with Crippen LogP contribution in [0.1, 0.15) is 24.6 Å². The Morgan fingerprint density at radius 1 is 1.56 bits per heavy atom. The van der Waals surface area contributed by atoms with Crippen molar-refractivity contribution in [1.29, 1.82) is 0 Å². The molecule has 1 aromatic heterocycles. The molecule has 2 N–H and O–H groups in total. The van der Waals surface area contributed by atoms with E-state index in [1.54, 1.807) is 0 Å². The number of nitrogens with zero attached hydrogens (tertiary/aromatic N) is 2. The molecule has 2 unspecified atom stereocenters.